The third-order valence-electron chi connectivity index (χ3n) is 2.68. The average molecular weight is 272 g/mol. The molecule has 0 aliphatic carbocycles. The minimum absolute atomic E-state index is 0.128. The number of anilines is 2. The summed E-state index contributed by atoms with van der Waals surface area (Å²) in [6, 6.07) is 4.04. The molecule has 2 rings (SSSR count). The molecule has 0 radical (unpaired) electrons. The fourth-order valence-corrected chi connectivity index (χ4v) is 1.75. The molecule has 0 atom stereocenters. The van der Waals surface area contributed by atoms with Gasteiger partial charge in [-0.25, -0.2) is 4.68 Å². The molecule has 8 heteroatoms. The van der Waals surface area contributed by atoms with E-state index in [9.17, 15) is 0 Å². The number of hydrogen-bond donors (Lipinski definition) is 1. The van der Waals surface area contributed by atoms with Gasteiger partial charge in [-0.2, -0.15) is 25.3 Å². The summed E-state index contributed by atoms with van der Waals surface area (Å²) in [5.41, 5.74) is 5.74. The van der Waals surface area contributed by atoms with Crippen LogP contribution in [0.5, 0.6) is 0 Å². The molecule has 2 heterocycles. The van der Waals surface area contributed by atoms with Crippen LogP contribution in [0, 0.1) is 11.3 Å². The molecule has 0 aliphatic heterocycles. The van der Waals surface area contributed by atoms with Crippen molar-refractivity contribution in [2.75, 3.05) is 17.2 Å². The van der Waals surface area contributed by atoms with Crippen LogP contribution >= 0.6 is 0 Å². The van der Waals surface area contributed by atoms with E-state index in [2.05, 4.69) is 26.1 Å². The molecule has 0 saturated heterocycles. The van der Waals surface area contributed by atoms with Crippen LogP contribution in [0.15, 0.2) is 18.5 Å². The quantitative estimate of drug-likeness (QED) is 0.855. The van der Waals surface area contributed by atoms with Crippen LogP contribution < -0.4 is 10.6 Å². The van der Waals surface area contributed by atoms with E-state index in [4.69, 9.17) is 11.0 Å². The van der Waals surface area contributed by atoms with Gasteiger partial charge in [0.1, 0.15) is 0 Å². The molecule has 0 saturated carbocycles. The molecule has 2 aromatic rings. The number of rotatable bonds is 5. The number of nitriles is 1. The molecule has 2 aromatic heterocycles. The number of aromatic nitrogens is 5. The topological polar surface area (TPSA) is 110 Å². The smallest absolute Gasteiger partial charge is 0.257 e. The van der Waals surface area contributed by atoms with Gasteiger partial charge < -0.3 is 10.6 Å². The van der Waals surface area contributed by atoms with Gasteiger partial charge in [-0.05, 0) is 19.9 Å². The van der Waals surface area contributed by atoms with Crippen molar-refractivity contribution >= 4 is 11.9 Å². The van der Waals surface area contributed by atoms with Crippen molar-refractivity contribution in [3.63, 3.8) is 0 Å². The Hall–Kier alpha value is -2.69. The van der Waals surface area contributed by atoms with E-state index in [0.717, 1.165) is 0 Å². The molecule has 0 aromatic carbocycles. The molecule has 104 valence electrons. The van der Waals surface area contributed by atoms with Crippen molar-refractivity contribution in [2.24, 2.45) is 0 Å². The highest BCUT2D eigenvalue weighted by atomic mass is 15.4. The number of nitrogens with zero attached hydrogens (tertiary/aromatic N) is 7. The maximum Gasteiger partial charge on any atom is 0.257 e. The zero-order valence-corrected chi connectivity index (χ0v) is 11.4. The van der Waals surface area contributed by atoms with Crippen molar-refractivity contribution < 1.29 is 0 Å². The standard InChI is InChI=1S/C12H16N8/c1-9(2)19(7-3-5-13)11-16-10(14)17-12(18-11)20-8-4-6-15-20/h4,6,8-9H,3,7H2,1-2H3,(H2,14,16,17,18). The van der Waals surface area contributed by atoms with E-state index in [0.29, 0.717) is 24.9 Å². The summed E-state index contributed by atoms with van der Waals surface area (Å²) in [5, 5.41) is 12.8. The maximum atomic E-state index is 8.73. The summed E-state index contributed by atoms with van der Waals surface area (Å²) >= 11 is 0. The summed E-state index contributed by atoms with van der Waals surface area (Å²) in [6.07, 6.45) is 3.75. The molecule has 8 nitrogen and oxygen atoms in total. The summed E-state index contributed by atoms with van der Waals surface area (Å²) < 4.78 is 1.52. The third kappa shape index (κ3) is 3.00. The Kier molecular flexibility index (Phi) is 4.10. The average Bonchev–Trinajstić information content (AvgIpc) is 2.92. The summed E-state index contributed by atoms with van der Waals surface area (Å²) in [4.78, 5) is 14.5. The van der Waals surface area contributed by atoms with Crippen molar-refractivity contribution in [3.8, 4) is 12.0 Å². The summed E-state index contributed by atoms with van der Waals surface area (Å²) in [5.74, 6) is 0.941. The molecule has 20 heavy (non-hydrogen) atoms. The molecule has 0 amide bonds. The monoisotopic (exact) mass is 272 g/mol. The Morgan fingerprint density at radius 1 is 1.40 bits per heavy atom. The van der Waals surface area contributed by atoms with Crippen LogP contribution in [-0.4, -0.2) is 37.3 Å². The van der Waals surface area contributed by atoms with E-state index in [1.807, 2.05) is 18.7 Å². The molecule has 0 unspecified atom stereocenters. The zero-order chi connectivity index (χ0) is 14.5. The van der Waals surface area contributed by atoms with Gasteiger partial charge in [0.2, 0.25) is 11.9 Å². The Bertz CT molecular complexity index is 598. The van der Waals surface area contributed by atoms with Crippen molar-refractivity contribution in [1.29, 1.82) is 5.26 Å². The first kappa shape index (κ1) is 13.7. The lowest BCUT2D eigenvalue weighted by Crippen LogP contribution is -2.33. The predicted octanol–water partition coefficient (Wildman–Crippen LogP) is 0.768. The lowest BCUT2D eigenvalue weighted by Gasteiger charge is -2.25. The van der Waals surface area contributed by atoms with Crippen LogP contribution in [0.3, 0.4) is 0 Å². The fraction of sp³-hybridized carbons (Fsp3) is 0.417. The summed E-state index contributed by atoms with van der Waals surface area (Å²) in [7, 11) is 0. The van der Waals surface area contributed by atoms with Crippen molar-refractivity contribution in [3.05, 3.63) is 18.5 Å². The molecule has 0 spiro atoms. The van der Waals surface area contributed by atoms with E-state index >= 15 is 0 Å². The molecular formula is C12H16N8. The maximum absolute atomic E-state index is 8.73. The Labute approximate surface area is 116 Å². The normalized spacial score (nSPS) is 10.5. The van der Waals surface area contributed by atoms with Gasteiger partial charge in [0, 0.05) is 25.0 Å². The van der Waals surface area contributed by atoms with Gasteiger partial charge in [-0.3, -0.25) is 0 Å². The van der Waals surface area contributed by atoms with Crippen LogP contribution in [0.25, 0.3) is 5.95 Å². The van der Waals surface area contributed by atoms with Crippen LogP contribution in [-0.2, 0) is 0 Å². The number of hydrogen-bond acceptors (Lipinski definition) is 7. The lowest BCUT2D eigenvalue weighted by molar-refractivity contribution is 0.658. The van der Waals surface area contributed by atoms with Gasteiger partial charge in [0.05, 0.1) is 12.5 Å². The Morgan fingerprint density at radius 3 is 2.80 bits per heavy atom. The first-order valence-electron chi connectivity index (χ1n) is 6.27. The van der Waals surface area contributed by atoms with Crippen molar-refractivity contribution in [1.82, 2.24) is 24.7 Å². The minimum Gasteiger partial charge on any atom is -0.368 e. The molecule has 0 aliphatic rings. The highest BCUT2D eigenvalue weighted by molar-refractivity contribution is 5.38. The Morgan fingerprint density at radius 2 is 2.20 bits per heavy atom. The SMILES string of the molecule is CC(C)N(CCC#N)c1nc(N)nc(-n2cccn2)n1. The minimum atomic E-state index is 0.128. The van der Waals surface area contributed by atoms with Gasteiger partial charge in [-0.1, -0.05) is 0 Å². The second-order valence-corrected chi connectivity index (χ2v) is 4.44. The fourth-order valence-electron chi connectivity index (χ4n) is 1.75. The van der Waals surface area contributed by atoms with Gasteiger partial charge >= 0.3 is 0 Å². The Balaban J connectivity index is 2.37. The first-order chi connectivity index (χ1) is 9.61. The third-order valence-corrected chi connectivity index (χ3v) is 2.68. The van der Waals surface area contributed by atoms with Crippen LogP contribution in [0.1, 0.15) is 20.3 Å². The number of nitrogen functional groups attached to an aromatic ring is 1. The zero-order valence-electron chi connectivity index (χ0n) is 11.4. The van der Waals surface area contributed by atoms with Crippen LogP contribution in [0.4, 0.5) is 11.9 Å². The van der Waals surface area contributed by atoms with Gasteiger partial charge in [-0.15, -0.1) is 0 Å². The molecule has 2 N–H and O–H groups in total. The molecule has 0 fully saturated rings. The van der Waals surface area contributed by atoms with E-state index in [-0.39, 0.29) is 12.0 Å². The molecular weight excluding hydrogens is 256 g/mol. The highest BCUT2D eigenvalue weighted by Gasteiger charge is 2.16. The lowest BCUT2D eigenvalue weighted by atomic mass is 10.3. The summed E-state index contributed by atoms with van der Waals surface area (Å²) in [6.45, 7) is 4.55. The van der Waals surface area contributed by atoms with E-state index < -0.39 is 0 Å². The van der Waals surface area contributed by atoms with Gasteiger partial charge in [0.25, 0.3) is 5.95 Å². The van der Waals surface area contributed by atoms with E-state index in [1.165, 1.54) is 4.68 Å². The van der Waals surface area contributed by atoms with Crippen LogP contribution in [0.2, 0.25) is 0 Å². The molecule has 0 bridgehead atoms. The largest absolute Gasteiger partial charge is 0.368 e. The highest BCUT2D eigenvalue weighted by Crippen LogP contribution is 2.14. The second kappa shape index (κ2) is 5.97. The van der Waals surface area contributed by atoms with Crippen molar-refractivity contribution in [2.45, 2.75) is 26.3 Å². The second-order valence-electron chi connectivity index (χ2n) is 4.44. The predicted molar refractivity (Wildman–Crippen MR) is 74.1 cm³/mol. The number of nitrogens with two attached hydrogens (primary N) is 1. The van der Waals surface area contributed by atoms with E-state index in [1.54, 1.807) is 18.5 Å². The van der Waals surface area contributed by atoms with Gasteiger partial charge in [0.15, 0.2) is 0 Å². The first-order valence-corrected chi connectivity index (χ1v) is 6.27.